The highest BCUT2D eigenvalue weighted by Gasteiger charge is 2.32. The molecule has 1 saturated carbocycles. The molecule has 0 aromatic carbocycles. The lowest BCUT2D eigenvalue weighted by molar-refractivity contribution is 0.103. The fourth-order valence-electron chi connectivity index (χ4n) is 3.21. The zero-order valence-electron chi connectivity index (χ0n) is 9.28. The molecule has 1 heterocycles. The number of hydrogen-bond donors (Lipinski definition) is 1. The first-order chi connectivity index (χ1) is 6.81. The highest BCUT2D eigenvalue weighted by atomic mass is 16.3. The van der Waals surface area contributed by atoms with Crippen LogP contribution in [0.5, 0.6) is 0 Å². The second-order valence-corrected chi connectivity index (χ2v) is 4.96. The molecular formula is C12H23NO. The van der Waals surface area contributed by atoms with E-state index in [1.807, 2.05) is 0 Å². The molecule has 2 unspecified atom stereocenters. The molecule has 0 amide bonds. The molecule has 1 aliphatic heterocycles. The van der Waals surface area contributed by atoms with E-state index in [0.29, 0.717) is 0 Å². The van der Waals surface area contributed by atoms with E-state index in [1.165, 1.54) is 32.1 Å². The van der Waals surface area contributed by atoms with E-state index in [4.69, 9.17) is 0 Å². The van der Waals surface area contributed by atoms with Gasteiger partial charge >= 0.3 is 0 Å². The molecule has 0 bridgehead atoms. The minimum Gasteiger partial charge on any atom is -0.392 e. The number of aliphatic hydroxyl groups excluding tert-OH is 1. The Kier molecular flexibility index (Phi) is 3.45. The Morgan fingerprint density at radius 2 is 2.00 bits per heavy atom. The van der Waals surface area contributed by atoms with Gasteiger partial charge in [0.05, 0.1) is 6.10 Å². The second-order valence-electron chi connectivity index (χ2n) is 4.96. The lowest BCUT2D eigenvalue weighted by Gasteiger charge is -2.37. The van der Waals surface area contributed by atoms with Crippen LogP contribution in [0, 0.1) is 5.92 Å². The standard InChI is InChI=1S/C12H23NO/c1-2-10-5-3-4-6-12(10)13-8-7-11(14)9-13/h10-12,14H,2-9H2,1H3/t10?,11-,12?/m1/s1. The number of likely N-dealkylation sites (tertiary alicyclic amines) is 1. The lowest BCUT2D eigenvalue weighted by atomic mass is 9.82. The van der Waals surface area contributed by atoms with Crippen molar-refractivity contribution in [2.45, 2.75) is 57.6 Å². The summed E-state index contributed by atoms with van der Waals surface area (Å²) >= 11 is 0. The van der Waals surface area contributed by atoms with Crippen LogP contribution in [0.15, 0.2) is 0 Å². The van der Waals surface area contributed by atoms with Crippen molar-refractivity contribution in [1.29, 1.82) is 0 Å². The van der Waals surface area contributed by atoms with Crippen molar-refractivity contribution in [2.75, 3.05) is 13.1 Å². The Morgan fingerprint density at radius 3 is 2.64 bits per heavy atom. The third-order valence-corrected chi connectivity index (χ3v) is 4.06. The molecule has 14 heavy (non-hydrogen) atoms. The summed E-state index contributed by atoms with van der Waals surface area (Å²) in [5, 5.41) is 9.55. The van der Waals surface area contributed by atoms with E-state index in [2.05, 4.69) is 11.8 Å². The van der Waals surface area contributed by atoms with Crippen molar-refractivity contribution >= 4 is 0 Å². The van der Waals surface area contributed by atoms with Gasteiger partial charge in [0, 0.05) is 19.1 Å². The number of hydrogen-bond acceptors (Lipinski definition) is 2. The lowest BCUT2D eigenvalue weighted by Crippen LogP contribution is -2.41. The van der Waals surface area contributed by atoms with Gasteiger partial charge in [0.15, 0.2) is 0 Å². The van der Waals surface area contributed by atoms with Gasteiger partial charge in [0.1, 0.15) is 0 Å². The van der Waals surface area contributed by atoms with Gasteiger partial charge in [-0.3, -0.25) is 4.90 Å². The van der Waals surface area contributed by atoms with Crippen molar-refractivity contribution in [3.63, 3.8) is 0 Å². The van der Waals surface area contributed by atoms with Gasteiger partial charge in [0.2, 0.25) is 0 Å². The van der Waals surface area contributed by atoms with Crippen LogP contribution in [-0.4, -0.2) is 35.2 Å². The van der Waals surface area contributed by atoms with Crippen LogP contribution in [0.1, 0.15) is 45.4 Å². The fraction of sp³-hybridized carbons (Fsp3) is 1.00. The highest BCUT2D eigenvalue weighted by molar-refractivity contribution is 4.87. The van der Waals surface area contributed by atoms with E-state index in [1.54, 1.807) is 0 Å². The molecule has 1 saturated heterocycles. The quantitative estimate of drug-likeness (QED) is 0.732. The van der Waals surface area contributed by atoms with Crippen molar-refractivity contribution in [1.82, 2.24) is 4.90 Å². The first kappa shape index (κ1) is 10.4. The molecule has 2 fully saturated rings. The molecule has 2 heteroatoms. The van der Waals surface area contributed by atoms with Crippen LogP contribution in [0.25, 0.3) is 0 Å². The number of β-amino-alcohol motifs (C(OH)–C–C–N with tert-alkyl or cyclic N) is 1. The number of nitrogens with zero attached hydrogens (tertiary/aromatic N) is 1. The van der Waals surface area contributed by atoms with Crippen LogP contribution in [-0.2, 0) is 0 Å². The van der Waals surface area contributed by atoms with E-state index >= 15 is 0 Å². The average molecular weight is 197 g/mol. The van der Waals surface area contributed by atoms with Gasteiger partial charge in [-0.2, -0.15) is 0 Å². The molecule has 0 radical (unpaired) electrons. The Hall–Kier alpha value is -0.0800. The first-order valence-corrected chi connectivity index (χ1v) is 6.23. The summed E-state index contributed by atoms with van der Waals surface area (Å²) < 4.78 is 0. The molecule has 82 valence electrons. The predicted octanol–water partition coefficient (Wildman–Crippen LogP) is 2.02. The smallest absolute Gasteiger partial charge is 0.0679 e. The Bertz CT molecular complexity index is 183. The summed E-state index contributed by atoms with van der Waals surface area (Å²) in [4.78, 5) is 2.54. The summed E-state index contributed by atoms with van der Waals surface area (Å²) in [6, 6.07) is 0.783. The molecule has 0 aromatic rings. The van der Waals surface area contributed by atoms with Gasteiger partial charge in [0.25, 0.3) is 0 Å². The van der Waals surface area contributed by atoms with Crippen molar-refractivity contribution in [3.8, 4) is 0 Å². The molecule has 0 spiro atoms. The van der Waals surface area contributed by atoms with E-state index < -0.39 is 0 Å². The maximum absolute atomic E-state index is 9.55. The van der Waals surface area contributed by atoms with Crippen LogP contribution in [0.2, 0.25) is 0 Å². The summed E-state index contributed by atoms with van der Waals surface area (Å²) in [5.74, 6) is 0.897. The van der Waals surface area contributed by atoms with E-state index in [9.17, 15) is 5.11 Å². The van der Waals surface area contributed by atoms with Gasteiger partial charge in [-0.05, 0) is 25.2 Å². The monoisotopic (exact) mass is 197 g/mol. The highest BCUT2D eigenvalue weighted by Crippen LogP contribution is 2.32. The Morgan fingerprint density at radius 1 is 1.21 bits per heavy atom. The summed E-state index contributed by atoms with van der Waals surface area (Å²) in [7, 11) is 0. The molecule has 2 nitrogen and oxygen atoms in total. The average Bonchev–Trinajstić information content (AvgIpc) is 2.65. The zero-order valence-corrected chi connectivity index (χ0v) is 9.28. The third kappa shape index (κ3) is 2.12. The van der Waals surface area contributed by atoms with Gasteiger partial charge < -0.3 is 5.11 Å². The molecular weight excluding hydrogens is 174 g/mol. The van der Waals surface area contributed by atoms with Crippen molar-refractivity contribution in [2.24, 2.45) is 5.92 Å². The van der Waals surface area contributed by atoms with Gasteiger partial charge in [-0.25, -0.2) is 0 Å². The van der Waals surface area contributed by atoms with Crippen LogP contribution in [0.3, 0.4) is 0 Å². The summed E-state index contributed by atoms with van der Waals surface area (Å²) in [5.41, 5.74) is 0. The maximum Gasteiger partial charge on any atom is 0.0679 e. The molecule has 3 atom stereocenters. The molecule has 1 N–H and O–H groups in total. The van der Waals surface area contributed by atoms with E-state index in [-0.39, 0.29) is 6.10 Å². The minimum atomic E-state index is -0.0468. The third-order valence-electron chi connectivity index (χ3n) is 4.06. The minimum absolute atomic E-state index is 0.0468. The topological polar surface area (TPSA) is 23.5 Å². The molecule has 2 aliphatic rings. The molecule has 0 aromatic heterocycles. The normalized spacial score (nSPS) is 40.3. The fourth-order valence-corrected chi connectivity index (χ4v) is 3.21. The largest absolute Gasteiger partial charge is 0.392 e. The van der Waals surface area contributed by atoms with E-state index in [0.717, 1.165) is 31.5 Å². The van der Waals surface area contributed by atoms with Gasteiger partial charge in [-0.15, -0.1) is 0 Å². The Labute approximate surface area is 87.3 Å². The first-order valence-electron chi connectivity index (χ1n) is 6.23. The second kappa shape index (κ2) is 4.63. The summed E-state index contributed by atoms with van der Waals surface area (Å²) in [6.45, 7) is 4.37. The van der Waals surface area contributed by atoms with Crippen molar-refractivity contribution < 1.29 is 5.11 Å². The van der Waals surface area contributed by atoms with Crippen LogP contribution < -0.4 is 0 Å². The van der Waals surface area contributed by atoms with Crippen molar-refractivity contribution in [3.05, 3.63) is 0 Å². The molecule has 1 aliphatic carbocycles. The number of rotatable bonds is 2. The van der Waals surface area contributed by atoms with Gasteiger partial charge in [-0.1, -0.05) is 26.2 Å². The maximum atomic E-state index is 9.55. The predicted molar refractivity (Wildman–Crippen MR) is 58.2 cm³/mol. The zero-order chi connectivity index (χ0) is 9.97. The van der Waals surface area contributed by atoms with Crippen LogP contribution >= 0.6 is 0 Å². The summed E-state index contributed by atoms with van der Waals surface area (Å²) in [6.07, 6.45) is 7.86. The van der Waals surface area contributed by atoms with Crippen LogP contribution in [0.4, 0.5) is 0 Å². The SMILES string of the molecule is CCC1CCCCC1N1CC[C@@H](O)C1. The Balaban J connectivity index is 1.93. The number of aliphatic hydroxyl groups is 1. The molecule has 2 rings (SSSR count).